The molecule has 0 spiro atoms. The molecule has 0 aliphatic carbocycles. The lowest BCUT2D eigenvalue weighted by molar-refractivity contribution is 0.533. The Hall–Kier alpha value is -2.93. The molecule has 2 aromatic carbocycles. The summed E-state index contributed by atoms with van der Waals surface area (Å²) in [6, 6.07) is 13.1. The van der Waals surface area contributed by atoms with Gasteiger partial charge in [0.15, 0.2) is 9.84 Å². The molecule has 2 heterocycles. The molecule has 26 heavy (non-hydrogen) atoms. The van der Waals surface area contributed by atoms with Crippen LogP contribution in [0.25, 0.3) is 33.6 Å². The molecule has 4 aromatic rings. The number of furan rings is 1. The van der Waals surface area contributed by atoms with Crippen molar-refractivity contribution >= 4 is 20.8 Å². The maximum atomic E-state index is 11.4. The van der Waals surface area contributed by atoms with Crippen LogP contribution in [-0.4, -0.2) is 24.9 Å². The number of hydrogen-bond donors (Lipinski definition) is 0. The number of fused-ring (bicyclic) bond motifs is 1. The van der Waals surface area contributed by atoms with E-state index in [1.807, 2.05) is 42.5 Å². The van der Waals surface area contributed by atoms with Crippen LogP contribution < -0.4 is 0 Å². The second kappa shape index (κ2) is 6.10. The van der Waals surface area contributed by atoms with E-state index in [0.717, 1.165) is 33.2 Å². The van der Waals surface area contributed by atoms with Crippen LogP contribution in [0.5, 0.6) is 0 Å². The number of nitrogens with zero attached hydrogens (tertiary/aromatic N) is 2. The number of sulfone groups is 1. The first-order valence-corrected chi connectivity index (χ1v) is 10.0. The van der Waals surface area contributed by atoms with Gasteiger partial charge in [0.2, 0.25) is 11.8 Å². The molecule has 0 unspecified atom stereocenters. The van der Waals surface area contributed by atoms with Gasteiger partial charge in [0, 0.05) is 29.7 Å². The van der Waals surface area contributed by atoms with E-state index in [1.54, 1.807) is 13.2 Å². The minimum Gasteiger partial charge on any atom is -0.464 e. The zero-order valence-corrected chi connectivity index (χ0v) is 15.1. The number of rotatable bonds is 4. The fraction of sp³-hybridized carbons (Fsp3) is 0.158. The molecular formula is C19H16N2O4S. The lowest BCUT2D eigenvalue weighted by Gasteiger charge is -2.03. The molecule has 0 N–H and O–H groups in total. The van der Waals surface area contributed by atoms with Gasteiger partial charge in [-0.15, -0.1) is 10.2 Å². The van der Waals surface area contributed by atoms with E-state index in [0.29, 0.717) is 11.8 Å². The van der Waals surface area contributed by atoms with Gasteiger partial charge in [-0.2, -0.15) is 0 Å². The Bertz CT molecular complexity index is 1190. The normalized spacial score (nSPS) is 11.9. The molecule has 0 bridgehead atoms. The number of aryl methyl sites for hydroxylation is 1. The molecule has 0 aliphatic rings. The second-order valence-corrected chi connectivity index (χ2v) is 8.39. The summed E-state index contributed by atoms with van der Waals surface area (Å²) >= 11 is 0. The standard InChI is InChI=1S/C19H16N2O4S/c1-12-20-21-19(25-12)15-7-8-18-16(9-15)17(10-24-18)14-5-3-13(4-6-14)11-26(2,22)23/h3-10H,11H2,1-2H3. The summed E-state index contributed by atoms with van der Waals surface area (Å²) < 4.78 is 34.0. The van der Waals surface area contributed by atoms with Crippen molar-refractivity contribution in [2.24, 2.45) is 0 Å². The zero-order chi connectivity index (χ0) is 18.3. The van der Waals surface area contributed by atoms with Crippen LogP contribution in [0.15, 0.2) is 57.6 Å². The maximum absolute atomic E-state index is 11.4. The fourth-order valence-corrected chi connectivity index (χ4v) is 3.68. The van der Waals surface area contributed by atoms with Crippen molar-refractivity contribution in [2.45, 2.75) is 12.7 Å². The lowest BCUT2D eigenvalue weighted by atomic mass is 10.0. The summed E-state index contributed by atoms with van der Waals surface area (Å²) in [6.07, 6.45) is 2.92. The van der Waals surface area contributed by atoms with E-state index in [-0.39, 0.29) is 5.75 Å². The minimum atomic E-state index is -3.05. The molecule has 7 heteroatoms. The van der Waals surface area contributed by atoms with E-state index in [1.165, 1.54) is 6.26 Å². The molecule has 0 saturated heterocycles. The summed E-state index contributed by atoms with van der Waals surface area (Å²) in [4.78, 5) is 0. The number of aromatic nitrogens is 2. The van der Waals surface area contributed by atoms with Crippen molar-refractivity contribution in [3.05, 3.63) is 60.2 Å². The summed E-state index contributed by atoms with van der Waals surface area (Å²) in [7, 11) is -3.05. The van der Waals surface area contributed by atoms with Crippen LogP contribution >= 0.6 is 0 Å². The SMILES string of the molecule is Cc1nnc(-c2ccc3occ(-c4ccc(CS(C)(=O)=O)cc4)c3c2)o1. The fourth-order valence-electron chi connectivity index (χ4n) is 2.88. The van der Waals surface area contributed by atoms with Crippen molar-refractivity contribution in [3.63, 3.8) is 0 Å². The van der Waals surface area contributed by atoms with Crippen LogP contribution in [0.4, 0.5) is 0 Å². The first-order chi connectivity index (χ1) is 12.4. The average molecular weight is 368 g/mol. The van der Waals surface area contributed by atoms with Crippen molar-refractivity contribution < 1.29 is 17.3 Å². The highest BCUT2D eigenvalue weighted by Gasteiger charge is 2.13. The first-order valence-electron chi connectivity index (χ1n) is 7.98. The second-order valence-electron chi connectivity index (χ2n) is 6.25. The van der Waals surface area contributed by atoms with E-state index in [2.05, 4.69) is 10.2 Å². The quantitative estimate of drug-likeness (QED) is 0.541. The van der Waals surface area contributed by atoms with E-state index >= 15 is 0 Å². The predicted octanol–water partition coefficient (Wildman–Crippen LogP) is 4.00. The highest BCUT2D eigenvalue weighted by molar-refractivity contribution is 7.89. The highest BCUT2D eigenvalue weighted by Crippen LogP contribution is 2.33. The van der Waals surface area contributed by atoms with Crippen molar-refractivity contribution in [1.82, 2.24) is 10.2 Å². The lowest BCUT2D eigenvalue weighted by Crippen LogP contribution is -2.00. The Morgan fingerprint density at radius 1 is 1.00 bits per heavy atom. The number of benzene rings is 2. The molecule has 2 aromatic heterocycles. The molecule has 0 saturated carbocycles. The summed E-state index contributed by atoms with van der Waals surface area (Å²) in [5, 5.41) is 8.84. The highest BCUT2D eigenvalue weighted by atomic mass is 32.2. The minimum absolute atomic E-state index is 0.0279. The van der Waals surface area contributed by atoms with Gasteiger partial charge in [0.25, 0.3) is 0 Å². The third-order valence-corrected chi connectivity index (χ3v) is 4.90. The van der Waals surface area contributed by atoms with Gasteiger partial charge in [-0.25, -0.2) is 8.42 Å². The molecule has 0 fully saturated rings. The van der Waals surface area contributed by atoms with Crippen molar-refractivity contribution in [2.75, 3.05) is 6.26 Å². The van der Waals surface area contributed by atoms with Crippen LogP contribution in [-0.2, 0) is 15.6 Å². The van der Waals surface area contributed by atoms with Crippen LogP contribution in [0.2, 0.25) is 0 Å². The predicted molar refractivity (Wildman–Crippen MR) is 98.2 cm³/mol. The van der Waals surface area contributed by atoms with Gasteiger partial charge >= 0.3 is 0 Å². The Kier molecular flexibility index (Phi) is 3.88. The zero-order valence-electron chi connectivity index (χ0n) is 14.3. The molecule has 0 atom stereocenters. The Morgan fingerprint density at radius 3 is 2.38 bits per heavy atom. The Labute approximate surface area is 150 Å². The Morgan fingerprint density at radius 2 is 1.73 bits per heavy atom. The average Bonchev–Trinajstić information content (AvgIpc) is 3.20. The van der Waals surface area contributed by atoms with Gasteiger partial charge in [0.05, 0.1) is 12.0 Å². The molecule has 132 valence electrons. The summed E-state index contributed by atoms with van der Waals surface area (Å²) in [5.74, 6) is 0.995. The largest absolute Gasteiger partial charge is 0.464 e. The number of hydrogen-bond acceptors (Lipinski definition) is 6. The topological polar surface area (TPSA) is 86.2 Å². The first kappa shape index (κ1) is 16.5. The van der Waals surface area contributed by atoms with E-state index in [9.17, 15) is 8.42 Å². The maximum Gasteiger partial charge on any atom is 0.247 e. The van der Waals surface area contributed by atoms with Crippen molar-refractivity contribution in [3.8, 4) is 22.6 Å². The summed E-state index contributed by atoms with van der Waals surface area (Å²) in [6.45, 7) is 1.75. The van der Waals surface area contributed by atoms with Gasteiger partial charge < -0.3 is 8.83 Å². The van der Waals surface area contributed by atoms with Crippen LogP contribution in [0.3, 0.4) is 0 Å². The van der Waals surface area contributed by atoms with Gasteiger partial charge in [-0.1, -0.05) is 24.3 Å². The van der Waals surface area contributed by atoms with E-state index in [4.69, 9.17) is 8.83 Å². The Balaban J connectivity index is 1.74. The van der Waals surface area contributed by atoms with Crippen LogP contribution in [0.1, 0.15) is 11.5 Å². The molecule has 6 nitrogen and oxygen atoms in total. The van der Waals surface area contributed by atoms with Crippen molar-refractivity contribution in [1.29, 1.82) is 0 Å². The van der Waals surface area contributed by atoms with Crippen LogP contribution in [0, 0.1) is 6.92 Å². The smallest absolute Gasteiger partial charge is 0.247 e. The summed E-state index contributed by atoms with van der Waals surface area (Å²) in [5.41, 5.74) is 4.18. The van der Waals surface area contributed by atoms with Gasteiger partial charge in [-0.05, 0) is 29.3 Å². The van der Waals surface area contributed by atoms with Gasteiger partial charge in [-0.3, -0.25) is 0 Å². The molecular weight excluding hydrogens is 352 g/mol. The monoisotopic (exact) mass is 368 g/mol. The van der Waals surface area contributed by atoms with Gasteiger partial charge in [0.1, 0.15) is 5.58 Å². The molecule has 0 amide bonds. The van der Waals surface area contributed by atoms with E-state index < -0.39 is 9.84 Å². The molecule has 4 rings (SSSR count). The third-order valence-electron chi connectivity index (χ3n) is 4.04. The third kappa shape index (κ3) is 3.25. The molecule has 0 aliphatic heterocycles. The molecule has 0 radical (unpaired) electrons.